The predicted octanol–water partition coefficient (Wildman–Crippen LogP) is 15.6. The molecule has 1 heterocycles. The molecule has 0 saturated heterocycles. The highest BCUT2D eigenvalue weighted by Crippen LogP contribution is 2.42. The van der Waals surface area contributed by atoms with Gasteiger partial charge in [-0.25, -0.2) is 0 Å². The van der Waals surface area contributed by atoms with Crippen LogP contribution in [0, 0.1) is 0 Å². The van der Waals surface area contributed by atoms with Gasteiger partial charge in [-0.05, 0) is 134 Å². The van der Waals surface area contributed by atoms with Crippen molar-refractivity contribution in [3.63, 3.8) is 0 Å². The minimum absolute atomic E-state index is 1.10. The van der Waals surface area contributed by atoms with Crippen molar-refractivity contribution in [3.8, 4) is 39.1 Å². The molecule has 11 aromatic rings. The van der Waals surface area contributed by atoms with Crippen molar-refractivity contribution >= 4 is 60.4 Å². The van der Waals surface area contributed by atoms with Gasteiger partial charge in [0.05, 0.1) is 11.0 Å². The number of aromatic nitrogens is 1. The van der Waals surface area contributed by atoms with Crippen LogP contribution >= 0.6 is 0 Å². The number of nitrogens with zero attached hydrogens (tertiary/aromatic N) is 2. The Balaban J connectivity index is 1.06. The smallest absolute Gasteiger partial charge is 0.0542 e. The van der Waals surface area contributed by atoms with Gasteiger partial charge in [0.15, 0.2) is 0 Å². The summed E-state index contributed by atoms with van der Waals surface area (Å²) in [6.07, 6.45) is 0. The van der Waals surface area contributed by atoms with Crippen LogP contribution in [-0.4, -0.2) is 4.57 Å². The van der Waals surface area contributed by atoms with Crippen molar-refractivity contribution in [2.45, 2.75) is 0 Å². The van der Waals surface area contributed by atoms with Crippen molar-refractivity contribution < 1.29 is 0 Å². The van der Waals surface area contributed by atoms with Gasteiger partial charge in [0, 0.05) is 33.5 Å². The molecule has 0 spiro atoms. The molecule has 0 aliphatic heterocycles. The van der Waals surface area contributed by atoms with Crippen molar-refractivity contribution in [2.75, 3.05) is 4.90 Å². The first kappa shape index (κ1) is 33.6. The molecule has 0 amide bonds. The molecule has 0 N–H and O–H groups in total. The summed E-state index contributed by atoms with van der Waals surface area (Å²) >= 11 is 0. The van der Waals surface area contributed by atoms with Gasteiger partial charge in [0.25, 0.3) is 0 Å². The van der Waals surface area contributed by atoms with Crippen LogP contribution < -0.4 is 4.90 Å². The summed E-state index contributed by atoms with van der Waals surface area (Å²) in [5.74, 6) is 0. The Bertz CT molecular complexity index is 3290. The molecule has 2 heteroatoms. The summed E-state index contributed by atoms with van der Waals surface area (Å²) in [5, 5.41) is 7.36. The fourth-order valence-electron chi connectivity index (χ4n) is 8.66. The first-order chi connectivity index (χ1) is 28.7. The van der Waals surface area contributed by atoms with E-state index < -0.39 is 0 Å². The quantitative estimate of drug-likeness (QED) is 0.158. The molecule has 0 radical (unpaired) electrons. The molecule has 0 fully saturated rings. The van der Waals surface area contributed by atoms with Crippen LogP contribution in [0.4, 0.5) is 17.1 Å². The first-order valence-corrected chi connectivity index (χ1v) is 19.9. The van der Waals surface area contributed by atoms with Gasteiger partial charge in [0.1, 0.15) is 0 Å². The highest BCUT2D eigenvalue weighted by Gasteiger charge is 2.18. The SMILES string of the molecule is c1ccc(-c2cccc(N(c3ccc4ccc(-c5cccc(-c6ccc7ccccc7c6)c5)cc4c3)c3ccc4c(c3)c3ccccc3n4-c3ccccc3)c2)cc1. The Morgan fingerprint density at radius 2 is 0.776 bits per heavy atom. The van der Waals surface area contributed by atoms with Crippen molar-refractivity contribution in [1.82, 2.24) is 4.57 Å². The van der Waals surface area contributed by atoms with Crippen LogP contribution in [0.1, 0.15) is 0 Å². The van der Waals surface area contributed by atoms with Crippen molar-refractivity contribution in [1.29, 1.82) is 0 Å². The van der Waals surface area contributed by atoms with Gasteiger partial charge in [-0.3, -0.25) is 0 Å². The maximum atomic E-state index is 2.41. The van der Waals surface area contributed by atoms with Crippen molar-refractivity contribution in [2.24, 2.45) is 0 Å². The Morgan fingerprint density at radius 1 is 0.259 bits per heavy atom. The average molecular weight is 739 g/mol. The van der Waals surface area contributed by atoms with Crippen LogP contribution in [0.3, 0.4) is 0 Å². The summed E-state index contributed by atoms with van der Waals surface area (Å²) in [6.45, 7) is 0. The zero-order chi connectivity index (χ0) is 38.4. The minimum Gasteiger partial charge on any atom is -0.310 e. The van der Waals surface area contributed by atoms with Gasteiger partial charge < -0.3 is 9.47 Å². The standard InChI is InChI=1S/C56H38N2/c1-3-13-39(14-4-1)45-19-12-22-50(36-45)57(52-31-32-56-54(38-52)53-23-9-10-24-55(53)58(56)49-20-5-2-6-21-49)51-30-29-41-26-28-47(35-48(41)37-51)44-18-11-17-43(34-44)46-27-25-40-15-7-8-16-42(40)33-46/h1-38H. The fraction of sp³-hybridized carbons (Fsp3) is 0. The molecule has 272 valence electrons. The lowest BCUT2D eigenvalue weighted by Gasteiger charge is -2.27. The van der Waals surface area contributed by atoms with Gasteiger partial charge in [-0.1, -0.05) is 152 Å². The summed E-state index contributed by atoms with van der Waals surface area (Å²) in [4.78, 5) is 2.41. The van der Waals surface area contributed by atoms with Gasteiger partial charge in [-0.15, -0.1) is 0 Å². The highest BCUT2D eigenvalue weighted by molar-refractivity contribution is 6.11. The average Bonchev–Trinajstić information content (AvgIpc) is 3.63. The molecule has 0 aliphatic carbocycles. The van der Waals surface area contributed by atoms with E-state index in [1.165, 1.54) is 76.7 Å². The zero-order valence-electron chi connectivity index (χ0n) is 31.8. The Hall–Kier alpha value is -7.68. The normalized spacial score (nSPS) is 11.4. The molecule has 0 unspecified atom stereocenters. The second-order valence-electron chi connectivity index (χ2n) is 15.0. The van der Waals surface area contributed by atoms with E-state index in [1.807, 2.05) is 0 Å². The van der Waals surface area contributed by atoms with E-state index in [0.29, 0.717) is 0 Å². The second kappa shape index (κ2) is 14.1. The van der Waals surface area contributed by atoms with E-state index in [1.54, 1.807) is 0 Å². The number of rotatable bonds is 7. The van der Waals surface area contributed by atoms with Crippen LogP contribution in [-0.2, 0) is 0 Å². The lowest BCUT2D eigenvalue weighted by molar-refractivity contribution is 1.18. The molecule has 0 aliphatic rings. The molecular weight excluding hydrogens is 701 g/mol. The van der Waals surface area contributed by atoms with Crippen molar-refractivity contribution in [3.05, 3.63) is 231 Å². The first-order valence-electron chi connectivity index (χ1n) is 19.9. The van der Waals surface area contributed by atoms with Crippen LogP contribution in [0.2, 0.25) is 0 Å². The number of fused-ring (bicyclic) bond motifs is 5. The summed E-state index contributed by atoms with van der Waals surface area (Å²) in [7, 11) is 0. The maximum absolute atomic E-state index is 2.41. The van der Waals surface area contributed by atoms with Gasteiger partial charge in [-0.2, -0.15) is 0 Å². The summed E-state index contributed by atoms with van der Waals surface area (Å²) in [5.41, 5.74) is 14.0. The second-order valence-corrected chi connectivity index (χ2v) is 15.0. The molecule has 10 aromatic carbocycles. The molecular formula is C56H38N2. The minimum atomic E-state index is 1.10. The monoisotopic (exact) mass is 738 g/mol. The van der Waals surface area contributed by atoms with E-state index in [2.05, 4.69) is 240 Å². The predicted molar refractivity (Wildman–Crippen MR) is 247 cm³/mol. The molecule has 58 heavy (non-hydrogen) atoms. The van der Waals surface area contributed by atoms with Crippen LogP contribution in [0.5, 0.6) is 0 Å². The van der Waals surface area contributed by atoms with Crippen LogP contribution in [0.25, 0.3) is 82.4 Å². The van der Waals surface area contributed by atoms with Gasteiger partial charge >= 0.3 is 0 Å². The third-order valence-corrected chi connectivity index (χ3v) is 11.5. The zero-order valence-corrected chi connectivity index (χ0v) is 31.8. The Labute approximate surface area is 338 Å². The molecule has 0 atom stereocenters. The largest absolute Gasteiger partial charge is 0.310 e. The number of hydrogen-bond donors (Lipinski definition) is 0. The lowest BCUT2D eigenvalue weighted by atomic mass is 9.96. The molecule has 0 saturated carbocycles. The van der Waals surface area contributed by atoms with E-state index >= 15 is 0 Å². The number of anilines is 3. The third-order valence-electron chi connectivity index (χ3n) is 11.5. The highest BCUT2D eigenvalue weighted by atomic mass is 15.1. The van der Waals surface area contributed by atoms with E-state index in [4.69, 9.17) is 0 Å². The Kier molecular flexibility index (Phi) is 8.19. The number of benzene rings is 10. The maximum Gasteiger partial charge on any atom is 0.0542 e. The summed E-state index contributed by atoms with van der Waals surface area (Å²) in [6, 6.07) is 83.8. The van der Waals surface area contributed by atoms with Crippen LogP contribution in [0.15, 0.2) is 231 Å². The number of para-hydroxylation sites is 2. The molecule has 1 aromatic heterocycles. The van der Waals surface area contributed by atoms with E-state index in [9.17, 15) is 0 Å². The van der Waals surface area contributed by atoms with E-state index in [-0.39, 0.29) is 0 Å². The summed E-state index contributed by atoms with van der Waals surface area (Å²) < 4.78 is 2.38. The number of hydrogen-bond acceptors (Lipinski definition) is 1. The molecule has 0 bridgehead atoms. The third kappa shape index (κ3) is 6.00. The fourth-order valence-corrected chi connectivity index (χ4v) is 8.66. The topological polar surface area (TPSA) is 8.17 Å². The van der Waals surface area contributed by atoms with Gasteiger partial charge in [0.2, 0.25) is 0 Å². The molecule has 2 nitrogen and oxygen atoms in total. The Morgan fingerprint density at radius 3 is 1.57 bits per heavy atom. The molecule has 11 rings (SSSR count). The van der Waals surface area contributed by atoms with E-state index in [0.717, 1.165) is 22.7 Å². The lowest BCUT2D eigenvalue weighted by Crippen LogP contribution is -2.10.